The Balaban J connectivity index is 2.00. The smallest absolute Gasteiger partial charge is 0.117 e. The number of fused-ring (bicyclic) bond motifs is 1. The molecule has 1 aromatic carbocycles. The third-order valence-corrected chi connectivity index (χ3v) is 3.92. The minimum Gasteiger partial charge on any atom is -0.353 e. The van der Waals surface area contributed by atoms with Crippen molar-refractivity contribution in [2.45, 2.75) is 12.2 Å². The molecule has 1 N–H and O–H groups in total. The van der Waals surface area contributed by atoms with Gasteiger partial charge in [-0.05, 0) is 25.1 Å². The Morgan fingerprint density at radius 2 is 2.35 bits per heavy atom. The Kier molecular flexibility index (Phi) is 2.41. The van der Waals surface area contributed by atoms with Crippen LogP contribution in [0.4, 0.5) is 0 Å². The fraction of sp³-hybridized carbons (Fsp3) is 0.231. The molecule has 0 saturated carbocycles. The number of nitriles is 1. The number of benzene rings is 1. The number of hydrogen-bond acceptors (Lipinski definition) is 3. The molecule has 0 aliphatic carbocycles. The predicted molar refractivity (Wildman–Crippen MR) is 71.4 cm³/mol. The highest BCUT2D eigenvalue weighted by Crippen LogP contribution is 2.27. The quantitative estimate of drug-likeness (QED) is 0.834. The first kappa shape index (κ1) is 10.4. The predicted octanol–water partition coefficient (Wildman–Crippen LogP) is 2.86. The molecule has 0 radical (unpaired) electrons. The van der Waals surface area contributed by atoms with Gasteiger partial charge in [0, 0.05) is 10.9 Å². The van der Waals surface area contributed by atoms with Gasteiger partial charge in [0.25, 0.3) is 0 Å². The summed E-state index contributed by atoms with van der Waals surface area (Å²) >= 11 is 1.54. The monoisotopic (exact) mass is 241 g/mol. The third kappa shape index (κ3) is 1.83. The lowest BCUT2D eigenvalue weighted by Crippen LogP contribution is -1.98. The van der Waals surface area contributed by atoms with Gasteiger partial charge in [-0.2, -0.15) is 5.26 Å². The minimum atomic E-state index is -0.0295. The third-order valence-electron chi connectivity index (χ3n) is 2.81. The molecule has 1 aromatic heterocycles. The van der Waals surface area contributed by atoms with Crippen LogP contribution in [0, 0.1) is 18.3 Å². The van der Waals surface area contributed by atoms with Gasteiger partial charge in [-0.1, -0.05) is 23.4 Å². The van der Waals surface area contributed by atoms with Crippen LogP contribution < -0.4 is 0 Å². The van der Waals surface area contributed by atoms with E-state index in [4.69, 9.17) is 5.26 Å². The van der Waals surface area contributed by atoms with Gasteiger partial charge in [0.05, 0.1) is 18.3 Å². The van der Waals surface area contributed by atoms with Crippen molar-refractivity contribution < 1.29 is 0 Å². The van der Waals surface area contributed by atoms with Crippen molar-refractivity contribution in [3.63, 3.8) is 0 Å². The SMILES string of the molecule is Cc1ccc2[nH]c(C3=NCC(C#N)S3)cc2c1. The summed E-state index contributed by atoms with van der Waals surface area (Å²) in [5, 5.41) is 11.0. The molecule has 0 spiro atoms. The van der Waals surface area contributed by atoms with Crippen LogP contribution in [0.5, 0.6) is 0 Å². The molecule has 0 bridgehead atoms. The van der Waals surface area contributed by atoms with Crippen molar-refractivity contribution >= 4 is 27.7 Å². The molecule has 2 heterocycles. The molecule has 3 nitrogen and oxygen atoms in total. The second-order valence-electron chi connectivity index (χ2n) is 4.16. The maximum absolute atomic E-state index is 8.85. The number of aromatic nitrogens is 1. The average Bonchev–Trinajstić information content (AvgIpc) is 2.93. The zero-order chi connectivity index (χ0) is 11.8. The summed E-state index contributed by atoms with van der Waals surface area (Å²) in [6.07, 6.45) is 0. The molecule has 4 heteroatoms. The number of rotatable bonds is 1. The Morgan fingerprint density at radius 1 is 1.47 bits per heavy atom. The zero-order valence-corrected chi connectivity index (χ0v) is 10.2. The summed E-state index contributed by atoms with van der Waals surface area (Å²) in [6, 6.07) is 10.7. The van der Waals surface area contributed by atoms with Gasteiger partial charge in [-0.3, -0.25) is 4.99 Å². The molecule has 1 atom stereocenters. The summed E-state index contributed by atoms with van der Waals surface area (Å²) in [4.78, 5) is 7.75. The molecule has 1 aliphatic rings. The maximum Gasteiger partial charge on any atom is 0.117 e. The van der Waals surface area contributed by atoms with Gasteiger partial charge in [0.2, 0.25) is 0 Å². The summed E-state index contributed by atoms with van der Waals surface area (Å²) in [7, 11) is 0. The summed E-state index contributed by atoms with van der Waals surface area (Å²) in [5.41, 5.74) is 3.39. The lowest BCUT2D eigenvalue weighted by Gasteiger charge is -1.95. The highest BCUT2D eigenvalue weighted by molar-refractivity contribution is 8.15. The fourth-order valence-electron chi connectivity index (χ4n) is 1.96. The van der Waals surface area contributed by atoms with Crippen LogP contribution >= 0.6 is 11.8 Å². The van der Waals surface area contributed by atoms with Gasteiger partial charge in [0.1, 0.15) is 10.3 Å². The number of aromatic amines is 1. The Hall–Kier alpha value is -1.73. The molecule has 84 valence electrons. The van der Waals surface area contributed by atoms with Crippen LogP contribution in [0.3, 0.4) is 0 Å². The number of nitrogens with zero attached hydrogens (tertiary/aromatic N) is 2. The first-order valence-electron chi connectivity index (χ1n) is 5.47. The lowest BCUT2D eigenvalue weighted by molar-refractivity contribution is 1.06. The lowest BCUT2D eigenvalue weighted by atomic mass is 10.2. The molecular weight excluding hydrogens is 230 g/mol. The Morgan fingerprint density at radius 3 is 3.12 bits per heavy atom. The molecule has 17 heavy (non-hydrogen) atoms. The van der Waals surface area contributed by atoms with E-state index < -0.39 is 0 Å². The first-order chi connectivity index (χ1) is 8.26. The van der Waals surface area contributed by atoms with E-state index in [9.17, 15) is 0 Å². The van der Waals surface area contributed by atoms with Crippen molar-refractivity contribution in [2.24, 2.45) is 4.99 Å². The van der Waals surface area contributed by atoms with Gasteiger partial charge >= 0.3 is 0 Å². The van der Waals surface area contributed by atoms with Crippen LogP contribution in [0.25, 0.3) is 10.9 Å². The first-order valence-corrected chi connectivity index (χ1v) is 6.35. The highest BCUT2D eigenvalue weighted by atomic mass is 32.2. The summed E-state index contributed by atoms with van der Waals surface area (Å²) in [5.74, 6) is 0. The van der Waals surface area contributed by atoms with Gasteiger partial charge in [-0.25, -0.2) is 0 Å². The molecule has 0 saturated heterocycles. The topological polar surface area (TPSA) is 51.9 Å². The van der Waals surface area contributed by atoms with E-state index in [1.54, 1.807) is 11.8 Å². The van der Waals surface area contributed by atoms with Crippen molar-refractivity contribution in [3.8, 4) is 6.07 Å². The van der Waals surface area contributed by atoms with Crippen molar-refractivity contribution in [1.82, 2.24) is 4.98 Å². The number of aryl methyl sites for hydroxylation is 1. The largest absolute Gasteiger partial charge is 0.353 e. The van der Waals surface area contributed by atoms with Crippen LogP contribution in [-0.2, 0) is 0 Å². The molecule has 0 fully saturated rings. The second kappa shape index (κ2) is 3.94. The fourth-order valence-corrected chi connectivity index (χ4v) is 2.82. The molecule has 1 unspecified atom stereocenters. The number of thioether (sulfide) groups is 1. The van der Waals surface area contributed by atoms with Crippen LogP contribution in [0.2, 0.25) is 0 Å². The molecule has 3 rings (SSSR count). The molecule has 2 aromatic rings. The van der Waals surface area contributed by atoms with Crippen LogP contribution in [0.1, 0.15) is 11.3 Å². The average molecular weight is 241 g/mol. The summed E-state index contributed by atoms with van der Waals surface area (Å²) < 4.78 is 0. The Bertz CT molecular complexity index is 648. The minimum absolute atomic E-state index is 0.0295. The standard InChI is InChI=1S/C13H11N3S/c1-8-2-3-11-9(4-8)5-12(16-11)13-15-7-10(6-14)17-13/h2-5,10,16H,7H2,1H3. The highest BCUT2D eigenvalue weighted by Gasteiger charge is 2.21. The normalized spacial score (nSPS) is 19.3. The zero-order valence-electron chi connectivity index (χ0n) is 9.40. The maximum atomic E-state index is 8.85. The number of nitrogens with one attached hydrogen (secondary N) is 1. The number of aliphatic imine (C=N–C) groups is 1. The summed E-state index contributed by atoms with van der Waals surface area (Å²) in [6.45, 7) is 2.69. The van der Waals surface area contributed by atoms with E-state index in [0.29, 0.717) is 6.54 Å². The molecule has 0 amide bonds. The van der Waals surface area contributed by atoms with Gasteiger partial charge < -0.3 is 4.98 Å². The number of H-pyrrole nitrogens is 1. The van der Waals surface area contributed by atoms with E-state index in [0.717, 1.165) is 16.3 Å². The molecular formula is C13H11N3S. The number of hydrogen-bond donors (Lipinski definition) is 1. The van der Waals surface area contributed by atoms with E-state index >= 15 is 0 Å². The Labute approximate surface area is 104 Å². The molecule has 1 aliphatic heterocycles. The van der Waals surface area contributed by atoms with Crippen molar-refractivity contribution in [2.75, 3.05) is 6.54 Å². The van der Waals surface area contributed by atoms with Crippen LogP contribution in [-0.4, -0.2) is 21.8 Å². The second-order valence-corrected chi connectivity index (χ2v) is 5.35. The van der Waals surface area contributed by atoms with Crippen molar-refractivity contribution in [3.05, 3.63) is 35.5 Å². The van der Waals surface area contributed by atoms with E-state index in [1.807, 2.05) is 0 Å². The van der Waals surface area contributed by atoms with Crippen molar-refractivity contribution in [1.29, 1.82) is 5.26 Å². The van der Waals surface area contributed by atoms with E-state index in [1.165, 1.54) is 10.9 Å². The van der Waals surface area contributed by atoms with Crippen LogP contribution in [0.15, 0.2) is 29.3 Å². The van der Waals surface area contributed by atoms with Gasteiger partial charge in [0.15, 0.2) is 0 Å². The van der Waals surface area contributed by atoms with E-state index in [-0.39, 0.29) is 5.25 Å². The van der Waals surface area contributed by atoms with E-state index in [2.05, 4.69) is 47.2 Å². The van der Waals surface area contributed by atoms with Gasteiger partial charge in [-0.15, -0.1) is 0 Å².